The van der Waals surface area contributed by atoms with Gasteiger partial charge in [0.2, 0.25) is 0 Å². The Labute approximate surface area is 161 Å². The summed E-state index contributed by atoms with van der Waals surface area (Å²) in [7, 11) is 0. The van der Waals surface area contributed by atoms with Crippen LogP contribution in [-0.2, 0) is 4.74 Å². The lowest BCUT2D eigenvalue weighted by Crippen LogP contribution is -2.13. The van der Waals surface area contributed by atoms with E-state index in [1.807, 2.05) is 24.3 Å². The molecule has 0 aromatic heterocycles. The van der Waals surface area contributed by atoms with E-state index in [0.717, 1.165) is 34.4 Å². The van der Waals surface area contributed by atoms with Crippen molar-refractivity contribution < 1.29 is 14.6 Å². The first kappa shape index (κ1) is 19.0. The zero-order chi connectivity index (χ0) is 19.1. The van der Waals surface area contributed by atoms with Gasteiger partial charge in [0.1, 0.15) is 18.1 Å². The van der Waals surface area contributed by atoms with E-state index in [0.29, 0.717) is 13.2 Å². The molecular formula is C24H26O3. The normalized spacial score (nSPS) is 11.9. The Kier molecular flexibility index (Phi) is 6.50. The second-order valence-electron chi connectivity index (χ2n) is 6.59. The second kappa shape index (κ2) is 9.24. The maximum absolute atomic E-state index is 9.41. The maximum Gasteiger partial charge on any atom is 0.119 e. The Bertz CT molecular complexity index is 821. The first-order valence-corrected chi connectivity index (χ1v) is 9.40. The number of aromatic hydroxyl groups is 1. The largest absolute Gasteiger partial charge is 0.508 e. The number of hydrogen-bond donors (Lipinski definition) is 1. The molecule has 0 radical (unpaired) electrons. The van der Waals surface area contributed by atoms with Crippen molar-refractivity contribution in [2.45, 2.75) is 26.4 Å². The van der Waals surface area contributed by atoms with E-state index in [1.165, 1.54) is 0 Å². The van der Waals surface area contributed by atoms with Gasteiger partial charge in [-0.15, -0.1) is 0 Å². The van der Waals surface area contributed by atoms with Gasteiger partial charge in [-0.25, -0.2) is 0 Å². The highest BCUT2D eigenvalue weighted by molar-refractivity contribution is 5.70. The van der Waals surface area contributed by atoms with Crippen LogP contribution in [0, 0.1) is 0 Å². The van der Waals surface area contributed by atoms with Crippen LogP contribution in [-0.4, -0.2) is 24.4 Å². The average molecular weight is 362 g/mol. The van der Waals surface area contributed by atoms with Gasteiger partial charge >= 0.3 is 0 Å². The highest BCUT2D eigenvalue weighted by Gasteiger charge is 2.02. The molecular weight excluding hydrogens is 336 g/mol. The molecule has 0 aliphatic rings. The number of phenols is 1. The van der Waals surface area contributed by atoms with Crippen molar-refractivity contribution in [1.82, 2.24) is 0 Å². The van der Waals surface area contributed by atoms with E-state index < -0.39 is 0 Å². The monoisotopic (exact) mass is 362 g/mol. The summed E-state index contributed by atoms with van der Waals surface area (Å²) in [6.07, 6.45) is 1.29. The number of hydrogen-bond acceptors (Lipinski definition) is 3. The summed E-state index contributed by atoms with van der Waals surface area (Å²) in [5, 5.41) is 9.41. The molecule has 0 spiro atoms. The minimum atomic E-state index is 0.278. The van der Waals surface area contributed by atoms with E-state index in [4.69, 9.17) is 9.47 Å². The molecule has 1 unspecified atom stereocenters. The van der Waals surface area contributed by atoms with E-state index >= 15 is 0 Å². The fourth-order valence-corrected chi connectivity index (χ4v) is 2.78. The third kappa shape index (κ3) is 5.35. The molecule has 0 saturated heterocycles. The maximum atomic E-state index is 9.41. The Morgan fingerprint density at radius 3 is 1.63 bits per heavy atom. The fraction of sp³-hybridized carbons (Fsp3) is 0.250. The molecule has 3 aromatic rings. The lowest BCUT2D eigenvalue weighted by Gasteiger charge is -2.11. The summed E-state index contributed by atoms with van der Waals surface area (Å²) in [6, 6.07) is 23.8. The molecule has 0 aliphatic heterocycles. The summed E-state index contributed by atoms with van der Waals surface area (Å²) in [5.41, 5.74) is 4.52. The van der Waals surface area contributed by atoms with Crippen molar-refractivity contribution in [3.63, 3.8) is 0 Å². The zero-order valence-corrected chi connectivity index (χ0v) is 15.9. The molecule has 140 valence electrons. The molecule has 0 amide bonds. The molecule has 3 aromatic carbocycles. The van der Waals surface area contributed by atoms with Crippen molar-refractivity contribution in [1.29, 1.82) is 0 Å². The van der Waals surface area contributed by atoms with Crippen molar-refractivity contribution in [2.75, 3.05) is 13.2 Å². The van der Waals surface area contributed by atoms with Gasteiger partial charge in [0.25, 0.3) is 0 Å². The minimum absolute atomic E-state index is 0.278. The first-order chi connectivity index (χ1) is 13.2. The van der Waals surface area contributed by atoms with E-state index in [9.17, 15) is 5.11 Å². The number of rotatable bonds is 8. The van der Waals surface area contributed by atoms with Gasteiger partial charge in [0, 0.05) is 0 Å². The van der Waals surface area contributed by atoms with E-state index in [2.05, 4.69) is 50.2 Å². The van der Waals surface area contributed by atoms with Gasteiger partial charge in [-0.05, 0) is 59.9 Å². The molecule has 0 aliphatic carbocycles. The minimum Gasteiger partial charge on any atom is -0.508 e. The topological polar surface area (TPSA) is 38.7 Å². The highest BCUT2D eigenvalue weighted by atomic mass is 16.5. The lowest BCUT2D eigenvalue weighted by atomic mass is 10.0. The number of benzene rings is 3. The molecule has 27 heavy (non-hydrogen) atoms. The molecule has 1 atom stereocenters. The number of phenolic OH excluding ortho intramolecular Hbond substituents is 1. The standard InChI is InChI=1S/C24H26O3/c1-3-18(2)26-16-17-27-24-14-10-22(11-15-24)20-6-4-19(5-7-20)21-8-12-23(25)13-9-21/h4-15,18,25H,3,16-17H2,1-2H3. The molecule has 3 rings (SSSR count). The smallest absolute Gasteiger partial charge is 0.119 e. The van der Waals surface area contributed by atoms with Crippen LogP contribution in [0.5, 0.6) is 11.5 Å². The molecule has 3 nitrogen and oxygen atoms in total. The van der Waals surface area contributed by atoms with Crippen LogP contribution in [0.2, 0.25) is 0 Å². The fourth-order valence-electron chi connectivity index (χ4n) is 2.78. The summed E-state index contributed by atoms with van der Waals surface area (Å²) in [4.78, 5) is 0. The summed E-state index contributed by atoms with van der Waals surface area (Å²) < 4.78 is 11.4. The Morgan fingerprint density at radius 2 is 1.15 bits per heavy atom. The Morgan fingerprint density at radius 1 is 0.704 bits per heavy atom. The van der Waals surface area contributed by atoms with E-state index in [1.54, 1.807) is 12.1 Å². The Balaban J connectivity index is 1.59. The van der Waals surface area contributed by atoms with Crippen LogP contribution in [0.1, 0.15) is 20.3 Å². The van der Waals surface area contributed by atoms with E-state index in [-0.39, 0.29) is 11.9 Å². The van der Waals surface area contributed by atoms with Crippen LogP contribution < -0.4 is 4.74 Å². The SMILES string of the molecule is CCC(C)OCCOc1ccc(-c2ccc(-c3ccc(O)cc3)cc2)cc1. The lowest BCUT2D eigenvalue weighted by molar-refractivity contribution is 0.0427. The first-order valence-electron chi connectivity index (χ1n) is 9.40. The van der Waals surface area contributed by atoms with Crippen molar-refractivity contribution in [3.8, 4) is 33.8 Å². The van der Waals surface area contributed by atoms with Gasteiger partial charge in [0.05, 0.1) is 12.7 Å². The van der Waals surface area contributed by atoms with Gasteiger partial charge in [-0.2, -0.15) is 0 Å². The highest BCUT2D eigenvalue weighted by Crippen LogP contribution is 2.27. The van der Waals surface area contributed by atoms with Crippen molar-refractivity contribution >= 4 is 0 Å². The van der Waals surface area contributed by atoms with Crippen LogP contribution >= 0.6 is 0 Å². The molecule has 0 fully saturated rings. The third-order valence-electron chi connectivity index (χ3n) is 4.60. The zero-order valence-electron chi connectivity index (χ0n) is 15.9. The predicted octanol–water partition coefficient (Wildman–Crippen LogP) is 5.92. The van der Waals surface area contributed by atoms with Gasteiger partial charge < -0.3 is 14.6 Å². The average Bonchev–Trinajstić information content (AvgIpc) is 2.72. The molecule has 1 N–H and O–H groups in total. The predicted molar refractivity (Wildman–Crippen MR) is 110 cm³/mol. The summed E-state index contributed by atoms with van der Waals surface area (Å²) >= 11 is 0. The molecule has 3 heteroatoms. The van der Waals surface area contributed by atoms with Crippen LogP contribution in [0.25, 0.3) is 22.3 Å². The second-order valence-corrected chi connectivity index (χ2v) is 6.59. The molecule has 0 bridgehead atoms. The van der Waals surface area contributed by atoms with Crippen LogP contribution in [0.3, 0.4) is 0 Å². The summed E-state index contributed by atoms with van der Waals surface area (Å²) in [5.74, 6) is 1.14. The van der Waals surface area contributed by atoms with Crippen LogP contribution in [0.4, 0.5) is 0 Å². The molecule has 0 heterocycles. The van der Waals surface area contributed by atoms with Gasteiger partial charge in [0.15, 0.2) is 0 Å². The third-order valence-corrected chi connectivity index (χ3v) is 4.60. The number of ether oxygens (including phenoxy) is 2. The summed E-state index contributed by atoms with van der Waals surface area (Å²) in [6.45, 7) is 5.35. The van der Waals surface area contributed by atoms with Crippen LogP contribution in [0.15, 0.2) is 72.8 Å². The quantitative estimate of drug-likeness (QED) is 0.506. The van der Waals surface area contributed by atoms with Gasteiger partial charge in [-0.1, -0.05) is 55.5 Å². The van der Waals surface area contributed by atoms with Crippen molar-refractivity contribution in [2.24, 2.45) is 0 Å². The van der Waals surface area contributed by atoms with Gasteiger partial charge in [-0.3, -0.25) is 0 Å². The Hall–Kier alpha value is -2.78. The van der Waals surface area contributed by atoms with Crippen molar-refractivity contribution in [3.05, 3.63) is 72.8 Å². The molecule has 0 saturated carbocycles.